The van der Waals surface area contributed by atoms with Gasteiger partial charge in [0.1, 0.15) is 0 Å². The fraction of sp³-hybridized carbons (Fsp3) is 0.333. The zero-order valence-electron chi connectivity index (χ0n) is 2.86. The molecule has 0 fully saturated rings. The molecule has 0 atom stereocenters. The van der Waals surface area contributed by atoms with E-state index in [2.05, 4.69) is 13.2 Å². The third-order valence-electron chi connectivity index (χ3n) is 0. The molecule has 0 aromatic heterocycles. The van der Waals surface area contributed by atoms with Crippen LogP contribution in [-0.2, 0) is 0 Å². The Hall–Kier alpha value is -0.300. The largest absolute Gasteiger partial charge is 0.400 e. The number of rotatable bonds is 0. The highest BCUT2D eigenvalue weighted by molar-refractivity contribution is 4.22. The van der Waals surface area contributed by atoms with Crippen molar-refractivity contribution >= 4 is 0 Å². The summed E-state index contributed by atoms with van der Waals surface area (Å²) in [5.74, 6) is 0. The lowest BCUT2D eigenvalue weighted by molar-refractivity contribution is 0.399. The van der Waals surface area contributed by atoms with E-state index < -0.39 is 0 Å². The molecule has 0 saturated carbocycles. The quantitative estimate of drug-likeness (QED) is 0.401. The maximum atomic E-state index is 7.00. The lowest BCUT2D eigenvalue weighted by Gasteiger charge is -1.21. The molecule has 0 unspecified atom stereocenters. The van der Waals surface area contributed by atoms with E-state index in [4.69, 9.17) is 5.11 Å². The Kier molecular flexibility index (Phi) is 202. The van der Waals surface area contributed by atoms with Crippen LogP contribution in [0.5, 0.6) is 0 Å². The maximum absolute atomic E-state index is 7.00. The predicted octanol–water partition coefficient (Wildman–Crippen LogP) is 0.411. The van der Waals surface area contributed by atoms with Crippen LogP contribution in [0.2, 0.25) is 0 Å². The Bertz CT molecular complexity index is 3.25. The van der Waals surface area contributed by atoms with Crippen LogP contribution in [-0.4, -0.2) is 12.2 Å². The summed E-state index contributed by atoms with van der Waals surface area (Å²) >= 11 is 0. The van der Waals surface area contributed by atoms with Crippen molar-refractivity contribution in [3.8, 4) is 0 Å². The standard InChI is InChI=1S/C2H4.CH4O/c2*1-2/h1-2H2;2H,1H3. The van der Waals surface area contributed by atoms with Gasteiger partial charge in [0.15, 0.2) is 0 Å². The molecular weight excluding hydrogens is 52.0 g/mol. The fourth-order valence-electron chi connectivity index (χ4n) is 0. The van der Waals surface area contributed by atoms with Crippen molar-refractivity contribution in [3.05, 3.63) is 13.2 Å². The monoisotopic (exact) mass is 60.1 g/mol. The summed E-state index contributed by atoms with van der Waals surface area (Å²) in [5, 5.41) is 7.00. The van der Waals surface area contributed by atoms with Crippen LogP contribution in [0.3, 0.4) is 0 Å². The van der Waals surface area contributed by atoms with Gasteiger partial charge in [-0.3, -0.25) is 0 Å². The molecule has 0 aliphatic rings. The van der Waals surface area contributed by atoms with E-state index in [0.717, 1.165) is 7.11 Å². The second-order valence-corrected chi connectivity index (χ2v) is 0. The van der Waals surface area contributed by atoms with Gasteiger partial charge in [-0.25, -0.2) is 0 Å². The number of aliphatic hydroxyl groups is 1. The van der Waals surface area contributed by atoms with Crippen LogP contribution in [0, 0.1) is 0 Å². The zero-order valence-corrected chi connectivity index (χ0v) is 2.86. The van der Waals surface area contributed by atoms with E-state index in [1.165, 1.54) is 0 Å². The molecular formula is C3H8O. The lowest BCUT2D eigenvalue weighted by Crippen LogP contribution is -1.25. The molecule has 0 bridgehead atoms. The Morgan fingerprint density at radius 3 is 1.25 bits per heavy atom. The van der Waals surface area contributed by atoms with Crippen molar-refractivity contribution in [3.63, 3.8) is 0 Å². The Morgan fingerprint density at radius 1 is 1.25 bits per heavy atom. The first-order chi connectivity index (χ1) is 2.00. The average molecular weight is 60.1 g/mol. The Balaban J connectivity index is 0. The number of hydrogen-bond acceptors (Lipinski definition) is 1. The minimum atomic E-state index is 1.00. The van der Waals surface area contributed by atoms with Gasteiger partial charge in [0.25, 0.3) is 0 Å². The SMILES string of the molecule is C=C.CO. The second-order valence-electron chi connectivity index (χ2n) is 0. The molecule has 26 valence electrons. The minimum absolute atomic E-state index is 1.00. The third-order valence-corrected chi connectivity index (χ3v) is 0. The van der Waals surface area contributed by atoms with Crippen LogP contribution in [0.4, 0.5) is 0 Å². The van der Waals surface area contributed by atoms with E-state index >= 15 is 0 Å². The first-order valence-electron chi connectivity index (χ1n) is 0.947. The number of hydrogen-bond donors (Lipinski definition) is 1. The molecule has 0 aromatic rings. The lowest BCUT2D eigenvalue weighted by atomic mass is 11.3. The van der Waals surface area contributed by atoms with E-state index in [-0.39, 0.29) is 0 Å². The molecule has 1 nitrogen and oxygen atoms in total. The zero-order chi connectivity index (χ0) is 4.00. The summed E-state index contributed by atoms with van der Waals surface area (Å²) in [5.41, 5.74) is 0. The highest BCUT2D eigenvalue weighted by atomic mass is 16.2. The summed E-state index contributed by atoms with van der Waals surface area (Å²) in [6, 6.07) is 0. The van der Waals surface area contributed by atoms with E-state index in [1.54, 1.807) is 0 Å². The smallest absolute Gasteiger partial charge is 0.0319 e. The summed E-state index contributed by atoms with van der Waals surface area (Å²) in [4.78, 5) is 0. The molecule has 0 heterocycles. The van der Waals surface area contributed by atoms with E-state index in [0.29, 0.717) is 0 Å². The molecule has 1 heteroatoms. The summed E-state index contributed by atoms with van der Waals surface area (Å²) in [6.07, 6.45) is 0. The summed E-state index contributed by atoms with van der Waals surface area (Å²) < 4.78 is 0. The maximum Gasteiger partial charge on any atom is 0.0319 e. The van der Waals surface area contributed by atoms with Gasteiger partial charge in [-0.05, 0) is 0 Å². The van der Waals surface area contributed by atoms with Gasteiger partial charge in [-0.2, -0.15) is 0 Å². The average Bonchev–Trinajstić information content (AvgIpc) is 1.50. The van der Waals surface area contributed by atoms with Crippen molar-refractivity contribution in [2.45, 2.75) is 0 Å². The first-order valence-corrected chi connectivity index (χ1v) is 0.947. The molecule has 4 heavy (non-hydrogen) atoms. The molecule has 0 radical (unpaired) electrons. The van der Waals surface area contributed by atoms with Crippen molar-refractivity contribution in [1.82, 2.24) is 0 Å². The normalized spacial score (nSPS) is 2.50. The van der Waals surface area contributed by atoms with Gasteiger partial charge in [0.05, 0.1) is 0 Å². The Labute approximate surface area is 26.6 Å². The molecule has 0 spiro atoms. The molecule has 1 N–H and O–H groups in total. The van der Waals surface area contributed by atoms with Gasteiger partial charge in [0, 0.05) is 7.11 Å². The molecule has 0 aromatic carbocycles. The molecule has 0 amide bonds. The van der Waals surface area contributed by atoms with E-state index in [9.17, 15) is 0 Å². The summed E-state index contributed by atoms with van der Waals surface area (Å²) in [7, 11) is 1.00. The van der Waals surface area contributed by atoms with Crippen LogP contribution in [0.1, 0.15) is 0 Å². The Morgan fingerprint density at radius 2 is 1.25 bits per heavy atom. The topological polar surface area (TPSA) is 20.2 Å². The highest BCUT2D eigenvalue weighted by Gasteiger charge is 0.839. The summed E-state index contributed by atoms with van der Waals surface area (Å²) in [6.45, 7) is 6.00. The van der Waals surface area contributed by atoms with Crippen LogP contribution < -0.4 is 0 Å². The third kappa shape index (κ3) is 9.26. The minimum Gasteiger partial charge on any atom is -0.400 e. The van der Waals surface area contributed by atoms with Crippen molar-refractivity contribution < 1.29 is 5.11 Å². The fourth-order valence-corrected chi connectivity index (χ4v) is 0. The first kappa shape index (κ1) is 9.33. The van der Waals surface area contributed by atoms with Crippen LogP contribution in [0.15, 0.2) is 13.2 Å². The molecule has 0 rings (SSSR count). The van der Waals surface area contributed by atoms with Gasteiger partial charge >= 0.3 is 0 Å². The van der Waals surface area contributed by atoms with Gasteiger partial charge < -0.3 is 5.11 Å². The molecule has 0 saturated heterocycles. The van der Waals surface area contributed by atoms with Crippen LogP contribution >= 0.6 is 0 Å². The van der Waals surface area contributed by atoms with Crippen molar-refractivity contribution in [2.75, 3.05) is 7.11 Å². The predicted molar refractivity (Wildman–Crippen MR) is 19.4 cm³/mol. The second kappa shape index (κ2) is 86.7. The van der Waals surface area contributed by atoms with Crippen LogP contribution in [0.25, 0.3) is 0 Å². The number of aliphatic hydroxyl groups excluding tert-OH is 1. The van der Waals surface area contributed by atoms with E-state index in [1.807, 2.05) is 0 Å². The molecule has 0 aliphatic carbocycles. The van der Waals surface area contributed by atoms with Gasteiger partial charge in [-0.15, -0.1) is 13.2 Å². The molecule has 0 aliphatic heterocycles. The highest BCUT2D eigenvalue weighted by Crippen LogP contribution is 0.862. The van der Waals surface area contributed by atoms with Crippen molar-refractivity contribution in [1.29, 1.82) is 0 Å². The van der Waals surface area contributed by atoms with Crippen molar-refractivity contribution in [2.24, 2.45) is 0 Å². The van der Waals surface area contributed by atoms with Gasteiger partial charge in [-0.1, -0.05) is 0 Å². The van der Waals surface area contributed by atoms with Gasteiger partial charge in [0.2, 0.25) is 0 Å².